The lowest BCUT2D eigenvalue weighted by Crippen LogP contribution is -2.38. The molecule has 4 nitrogen and oxygen atoms in total. The van der Waals surface area contributed by atoms with E-state index in [1.54, 1.807) is 0 Å². The van der Waals surface area contributed by atoms with Crippen LogP contribution in [0.15, 0.2) is 28.7 Å². The first-order chi connectivity index (χ1) is 9.43. The summed E-state index contributed by atoms with van der Waals surface area (Å²) in [6, 6.07) is 8.26. The average Bonchev–Trinajstić information content (AvgIpc) is 2.38. The Balaban J connectivity index is 2.88. The van der Waals surface area contributed by atoms with E-state index >= 15 is 0 Å². The maximum absolute atomic E-state index is 11.1. The van der Waals surface area contributed by atoms with Gasteiger partial charge in [0.25, 0.3) is 0 Å². The molecule has 0 heterocycles. The predicted octanol–water partition coefficient (Wildman–Crippen LogP) is 2.85. The first-order valence-corrected chi connectivity index (χ1v) is 7.59. The molecule has 1 N–H and O–H groups in total. The van der Waals surface area contributed by atoms with Crippen LogP contribution < -0.4 is 0 Å². The Morgan fingerprint density at radius 2 is 1.85 bits per heavy atom. The van der Waals surface area contributed by atoms with Gasteiger partial charge in [0.1, 0.15) is 0 Å². The number of halogens is 1. The average molecular weight is 343 g/mol. The van der Waals surface area contributed by atoms with Crippen LogP contribution in [0.4, 0.5) is 0 Å². The van der Waals surface area contributed by atoms with Crippen molar-refractivity contribution in [2.45, 2.75) is 19.4 Å². The van der Waals surface area contributed by atoms with Gasteiger partial charge in [-0.3, -0.25) is 9.69 Å². The molecule has 0 radical (unpaired) electrons. The van der Waals surface area contributed by atoms with Crippen LogP contribution in [0.5, 0.6) is 0 Å². The van der Waals surface area contributed by atoms with Crippen LogP contribution in [0.2, 0.25) is 0 Å². The Labute approximate surface area is 129 Å². The lowest BCUT2D eigenvalue weighted by Gasteiger charge is -2.31. The Morgan fingerprint density at radius 1 is 1.25 bits per heavy atom. The van der Waals surface area contributed by atoms with Crippen LogP contribution >= 0.6 is 15.9 Å². The molecule has 0 fully saturated rings. The molecule has 1 atom stereocenters. The van der Waals surface area contributed by atoms with Crippen LogP contribution in [0.3, 0.4) is 0 Å². The van der Waals surface area contributed by atoms with Crippen LogP contribution in [-0.4, -0.2) is 54.6 Å². The zero-order valence-electron chi connectivity index (χ0n) is 12.3. The summed E-state index contributed by atoms with van der Waals surface area (Å²) < 4.78 is 1.04. The molecule has 1 unspecified atom stereocenters. The van der Waals surface area contributed by atoms with Crippen molar-refractivity contribution >= 4 is 21.9 Å². The summed E-state index contributed by atoms with van der Waals surface area (Å²) in [5.74, 6) is -0.778. The van der Waals surface area contributed by atoms with Crippen LogP contribution in [0.25, 0.3) is 0 Å². The standard InChI is InChI=1S/C15H23BrN2O2/c1-4-14(12-5-7-13(16)8-6-12)18(11-15(19)20)10-9-17(2)3/h5-8,14H,4,9-11H2,1-3H3,(H,19,20). The highest BCUT2D eigenvalue weighted by atomic mass is 79.9. The number of carboxylic acids is 1. The van der Waals surface area contributed by atoms with Gasteiger partial charge >= 0.3 is 5.97 Å². The quantitative estimate of drug-likeness (QED) is 0.788. The Morgan fingerprint density at radius 3 is 2.30 bits per heavy atom. The van der Waals surface area contributed by atoms with Crippen LogP contribution in [0, 0.1) is 0 Å². The number of nitrogens with zero attached hydrogens (tertiary/aromatic N) is 2. The second-order valence-electron chi connectivity index (χ2n) is 5.14. The number of carboxylic acid groups (broad SMARTS) is 1. The highest BCUT2D eigenvalue weighted by Gasteiger charge is 2.21. The van der Waals surface area contributed by atoms with E-state index in [0.717, 1.165) is 29.5 Å². The third kappa shape index (κ3) is 5.61. The predicted molar refractivity (Wildman–Crippen MR) is 84.9 cm³/mol. The minimum Gasteiger partial charge on any atom is -0.480 e. The Kier molecular flexibility index (Phi) is 7.19. The van der Waals surface area contributed by atoms with Gasteiger partial charge in [-0.15, -0.1) is 0 Å². The highest BCUT2D eigenvalue weighted by Crippen LogP contribution is 2.25. The van der Waals surface area contributed by atoms with Gasteiger partial charge in [0.05, 0.1) is 6.54 Å². The van der Waals surface area contributed by atoms with E-state index in [1.807, 2.05) is 31.1 Å². The molecule has 0 aliphatic rings. The summed E-state index contributed by atoms with van der Waals surface area (Å²) >= 11 is 3.43. The van der Waals surface area contributed by atoms with E-state index < -0.39 is 5.97 Å². The molecule has 112 valence electrons. The van der Waals surface area contributed by atoms with E-state index in [0.29, 0.717) is 0 Å². The minimum absolute atomic E-state index is 0.0718. The smallest absolute Gasteiger partial charge is 0.317 e. The Bertz CT molecular complexity index is 420. The first kappa shape index (κ1) is 17.1. The van der Waals surface area contributed by atoms with Gasteiger partial charge in [-0.05, 0) is 38.2 Å². The van der Waals surface area contributed by atoms with Gasteiger partial charge in [0.2, 0.25) is 0 Å². The van der Waals surface area contributed by atoms with Crippen molar-refractivity contribution in [3.05, 3.63) is 34.3 Å². The van der Waals surface area contributed by atoms with E-state index in [2.05, 4.69) is 39.9 Å². The molecule has 0 aromatic heterocycles. The number of hydrogen-bond donors (Lipinski definition) is 1. The van der Waals surface area contributed by atoms with Crippen molar-refractivity contribution < 1.29 is 9.90 Å². The fourth-order valence-electron chi connectivity index (χ4n) is 2.24. The summed E-state index contributed by atoms with van der Waals surface area (Å²) in [4.78, 5) is 15.2. The number of carbonyl (C=O) groups is 1. The fourth-order valence-corrected chi connectivity index (χ4v) is 2.50. The molecule has 20 heavy (non-hydrogen) atoms. The SMILES string of the molecule is CCC(c1ccc(Br)cc1)N(CCN(C)C)CC(=O)O. The summed E-state index contributed by atoms with van der Waals surface area (Å²) in [5.41, 5.74) is 1.16. The number of rotatable bonds is 8. The van der Waals surface area contributed by atoms with Crippen molar-refractivity contribution in [2.75, 3.05) is 33.7 Å². The molecule has 0 bridgehead atoms. The third-order valence-corrected chi connectivity index (χ3v) is 3.78. The maximum Gasteiger partial charge on any atom is 0.317 e. The fraction of sp³-hybridized carbons (Fsp3) is 0.533. The zero-order chi connectivity index (χ0) is 15.1. The first-order valence-electron chi connectivity index (χ1n) is 6.80. The topological polar surface area (TPSA) is 43.8 Å². The van der Waals surface area contributed by atoms with Gasteiger partial charge in [0, 0.05) is 23.6 Å². The highest BCUT2D eigenvalue weighted by molar-refractivity contribution is 9.10. The summed E-state index contributed by atoms with van der Waals surface area (Å²) in [7, 11) is 4.00. The number of benzene rings is 1. The van der Waals surface area contributed by atoms with Gasteiger partial charge in [0.15, 0.2) is 0 Å². The molecule has 0 amide bonds. The molecule has 1 aromatic rings. The van der Waals surface area contributed by atoms with Gasteiger partial charge in [-0.25, -0.2) is 0 Å². The second kappa shape index (κ2) is 8.39. The third-order valence-electron chi connectivity index (χ3n) is 3.26. The molecular formula is C15H23BrN2O2. The second-order valence-corrected chi connectivity index (χ2v) is 6.06. The molecule has 0 spiro atoms. The zero-order valence-corrected chi connectivity index (χ0v) is 13.9. The Hall–Kier alpha value is -0.910. The molecule has 0 saturated carbocycles. The molecular weight excluding hydrogens is 320 g/mol. The van der Waals surface area contributed by atoms with Gasteiger partial charge < -0.3 is 10.0 Å². The van der Waals surface area contributed by atoms with Crippen LogP contribution in [-0.2, 0) is 4.79 Å². The summed E-state index contributed by atoms with van der Waals surface area (Å²) in [6.07, 6.45) is 0.891. The molecule has 0 aliphatic heterocycles. The normalized spacial score (nSPS) is 12.9. The van der Waals surface area contributed by atoms with E-state index in [-0.39, 0.29) is 12.6 Å². The monoisotopic (exact) mass is 342 g/mol. The molecule has 0 saturated heterocycles. The van der Waals surface area contributed by atoms with Gasteiger partial charge in [-0.1, -0.05) is 35.0 Å². The molecule has 1 aromatic carbocycles. The largest absolute Gasteiger partial charge is 0.480 e. The van der Waals surface area contributed by atoms with E-state index in [9.17, 15) is 4.79 Å². The molecule has 5 heteroatoms. The van der Waals surface area contributed by atoms with Crippen molar-refractivity contribution in [1.29, 1.82) is 0 Å². The number of hydrogen-bond acceptors (Lipinski definition) is 3. The molecule has 1 rings (SSSR count). The molecule has 0 aliphatic carbocycles. The summed E-state index contributed by atoms with van der Waals surface area (Å²) in [5, 5.41) is 9.12. The minimum atomic E-state index is -0.778. The van der Waals surface area contributed by atoms with Crippen LogP contribution in [0.1, 0.15) is 24.9 Å². The van der Waals surface area contributed by atoms with Crippen molar-refractivity contribution in [3.63, 3.8) is 0 Å². The lowest BCUT2D eigenvalue weighted by atomic mass is 10.0. The number of likely N-dealkylation sites (N-methyl/N-ethyl adjacent to an activating group) is 1. The van der Waals surface area contributed by atoms with Gasteiger partial charge in [-0.2, -0.15) is 0 Å². The lowest BCUT2D eigenvalue weighted by molar-refractivity contribution is -0.139. The van der Waals surface area contributed by atoms with Crippen molar-refractivity contribution in [2.24, 2.45) is 0 Å². The summed E-state index contributed by atoms with van der Waals surface area (Å²) in [6.45, 7) is 3.76. The maximum atomic E-state index is 11.1. The van der Waals surface area contributed by atoms with E-state index in [1.165, 1.54) is 0 Å². The van der Waals surface area contributed by atoms with Crippen molar-refractivity contribution in [3.8, 4) is 0 Å². The van der Waals surface area contributed by atoms with E-state index in [4.69, 9.17) is 5.11 Å². The van der Waals surface area contributed by atoms with Crippen molar-refractivity contribution in [1.82, 2.24) is 9.80 Å². The number of aliphatic carboxylic acids is 1.